The lowest BCUT2D eigenvalue weighted by Crippen LogP contribution is -2.11. The van der Waals surface area contributed by atoms with Gasteiger partial charge in [-0.25, -0.2) is 0 Å². The molecule has 0 aliphatic heterocycles. The Morgan fingerprint density at radius 1 is 0.750 bits per heavy atom. The largest absolute Gasteiger partial charge is 0.370 e. The molecule has 2 heteroatoms. The lowest BCUT2D eigenvalue weighted by Gasteiger charge is -2.15. The Balaban J connectivity index is 3.62. The molecule has 2 nitrogen and oxygen atoms in total. The van der Waals surface area contributed by atoms with Gasteiger partial charge in [-0.3, -0.25) is 4.79 Å². The van der Waals surface area contributed by atoms with Crippen LogP contribution in [0.25, 0.3) is 0 Å². The van der Waals surface area contributed by atoms with Gasteiger partial charge >= 0.3 is 0 Å². The molecule has 0 aliphatic rings. The van der Waals surface area contributed by atoms with Crippen molar-refractivity contribution in [2.24, 2.45) is 11.7 Å². The van der Waals surface area contributed by atoms with E-state index in [1.807, 2.05) is 0 Å². The summed E-state index contributed by atoms with van der Waals surface area (Å²) in [7, 11) is 0. The van der Waals surface area contributed by atoms with Crippen LogP contribution in [0.5, 0.6) is 0 Å². The smallest absolute Gasteiger partial charge is 0.217 e. The van der Waals surface area contributed by atoms with Crippen molar-refractivity contribution in [1.29, 1.82) is 0 Å². The van der Waals surface area contributed by atoms with E-state index in [1.165, 1.54) is 89.9 Å². The molecule has 1 amide bonds. The van der Waals surface area contributed by atoms with Crippen molar-refractivity contribution in [3.63, 3.8) is 0 Å². The summed E-state index contributed by atoms with van der Waals surface area (Å²) in [5.74, 6) is 0.637. The van der Waals surface area contributed by atoms with Crippen LogP contribution in [0.15, 0.2) is 12.2 Å². The van der Waals surface area contributed by atoms with Gasteiger partial charge in [0.25, 0.3) is 0 Å². The molecule has 0 aromatic heterocycles. The Kier molecular flexibility index (Phi) is 17.9. The van der Waals surface area contributed by atoms with E-state index in [2.05, 4.69) is 26.0 Å². The maximum Gasteiger partial charge on any atom is 0.217 e. The van der Waals surface area contributed by atoms with Crippen molar-refractivity contribution in [2.75, 3.05) is 0 Å². The third kappa shape index (κ3) is 17.6. The molecule has 2 N–H and O–H groups in total. The second-order valence-electron chi connectivity index (χ2n) is 7.33. The second kappa shape index (κ2) is 18.5. The van der Waals surface area contributed by atoms with E-state index >= 15 is 0 Å². The molecule has 0 aromatic rings. The van der Waals surface area contributed by atoms with Crippen LogP contribution in [0.3, 0.4) is 0 Å². The number of allylic oxidation sites excluding steroid dienone is 2. The van der Waals surface area contributed by atoms with Crippen LogP contribution in [0, 0.1) is 5.92 Å². The van der Waals surface area contributed by atoms with Gasteiger partial charge < -0.3 is 5.73 Å². The van der Waals surface area contributed by atoms with Crippen LogP contribution in [-0.4, -0.2) is 5.91 Å². The van der Waals surface area contributed by atoms with E-state index in [4.69, 9.17) is 5.73 Å². The van der Waals surface area contributed by atoms with E-state index in [9.17, 15) is 4.79 Å². The van der Waals surface area contributed by atoms with E-state index < -0.39 is 0 Å². The molecular weight excluding hydrogens is 294 g/mol. The van der Waals surface area contributed by atoms with Gasteiger partial charge in [0.15, 0.2) is 0 Å². The van der Waals surface area contributed by atoms with Crippen molar-refractivity contribution in [3.8, 4) is 0 Å². The van der Waals surface area contributed by atoms with Crippen molar-refractivity contribution in [1.82, 2.24) is 0 Å². The third-order valence-electron chi connectivity index (χ3n) is 4.88. The zero-order chi connectivity index (χ0) is 17.9. The van der Waals surface area contributed by atoms with Gasteiger partial charge in [0.1, 0.15) is 0 Å². The number of amides is 1. The summed E-state index contributed by atoms with van der Waals surface area (Å²) < 4.78 is 0. The van der Waals surface area contributed by atoms with E-state index in [-0.39, 0.29) is 5.91 Å². The third-order valence-corrected chi connectivity index (χ3v) is 4.88. The van der Waals surface area contributed by atoms with Gasteiger partial charge in [0.05, 0.1) is 0 Å². The molecule has 1 atom stereocenters. The number of carbonyl (C=O) groups excluding carboxylic acids is 1. The highest BCUT2D eigenvalue weighted by molar-refractivity contribution is 5.73. The normalized spacial score (nSPS) is 12.8. The number of unbranched alkanes of at least 4 members (excludes halogenated alkanes) is 8. The van der Waals surface area contributed by atoms with Gasteiger partial charge in [0, 0.05) is 6.42 Å². The maximum atomic E-state index is 10.9. The lowest BCUT2D eigenvalue weighted by atomic mass is 9.91. The molecule has 0 radical (unpaired) electrons. The Morgan fingerprint density at radius 3 is 1.96 bits per heavy atom. The lowest BCUT2D eigenvalue weighted by molar-refractivity contribution is -0.118. The number of hydrogen-bond acceptors (Lipinski definition) is 1. The first-order valence-corrected chi connectivity index (χ1v) is 10.6. The van der Waals surface area contributed by atoms with Crippen molar-refractivity contribution in [2.45, 2.75) is 117 Å². The molecule has 0 rings (SSSR count). The molecule has 0 heterocycles. The average molecular weight is 338 g/mol. The molecule has 0 spiro atoms. The molecule has 0 aromatic carbocycles. The predicted molar refractivity (Wildman–Crippen MR) is 107 cm³/mol. The molecule has 0 saturated heterocycles. The number of carbonyl (C=O) groups is 1. The van der Waals surface area contributed by atoms with Crippen LogP contribution < -0.4 is 5.73 Å². The van der Waals surface area contributed by atoms with E-state index in [0.29, 0.717) is 6.42 Å². The first-order chi connectivity index (χ1) is 11.7. The SMILES string of the molecule is CCCCCCCCC=CCCCC(CCCC)CCCC(N)=O. The number of nitrogens with two attached hydrogens (primary N) is 1. The van der Waals surface area contributed by atoms with Crippen LogP contribution in [-0.2, 0) is 4.79 Å². The zero-order valence-corrected chi connectivity index (χ0v) is 16.5. The summed E-state index contributed by atoms with van der Waals surface area (Å²) >= 11 is 0. The van der Waals surface area contributed by atoms with Crippen LogP contribution in [0.2, 0.25) is 0 Å². The molecule has 0 fully saturated rings. The number of primary amides is 1. The van der Waals surface area contributed by atoms with Crippen molar-refractivity contribution < 1.29 is 4.79 Å². The summed E-state index contributed by atoms with van der Waals surface area (Å²) in [6, 6.07) is 0. The second-order valence-corrected chi connectivity index (χ2v) is 7.33. The summed E-state index contributed by atoms with van der Waals surface area (Å²) in [5, 5.41) is 0. The highest BCUT2D eigenvalue weighted by Gasteiger charge is 2.08. The van der Waals surface area contributed by atoms with E-state index in [0.717, 1.165) is 12.3 Å². The molecule has 142 valence electrons. The quantitative estimate of drug-likeness (QED) is 0.214. The topological polar surface area (TPSA) is 43.1 Å². The molecule has 24 heavy (non-hydrogen) atoms. The summed E-state index contributed by atoms with van der Waals surface area (Å²) in [6.07, 6.45) is 24.7. The van der Waals surface area contributed by atoms with Gasteiger partial charge in [-0.15, -0.1) is 0 Å². The van der Waals surface area contributed by atoms with Gasteiger partial charge in [0.2, 0.25) is 5.91 Å². The molecule has 1 unspecified atom stereocenters. The molecule has 0 aliphatic carbocycles. The minimum absolute atomic E-state index is 0.151. The van der Waals surface area contributed by atoms with Gasteiger partial charge in [-0.05, 0) is 44.4 Å². The van der Waals surface area contributed by atoms with E-state index in [1.54, 1.807) is 0 Å². The van der Waals surface area contributed by atoms with Crippen molar-refractivity contribution in [3.05, 3.63) is 12.2 Å². The van der Waals surface area contributed by atoms with Crippen LogP contribution >= 0.6 is 0 Å². The maximum absolute atomic E-state index is 10.9. The summed E-state index contributed by atoms with van der Waals surface area (Å²) in [5.41, 5.74) is 5.24. The number of rotatable bonds is 18. The Labute approximate surface area is 151 Å². The molecular formula is C22H43NO. The summed E-state index contributed by atoms with van der Waals surface area (Å²) in [6.45, 7) is 4.53. The molecule has 0 saturated carbocycles. The standard InChI is InChI=1S/C22H43NO/c1-3-5-7-8-9-10-11-12-13-14-15-18-21(17-6-4-2)19-16-20-22(23)24/h12-13,21H,3-11,14-20H2,1-2H3,(H2,23,24). The predicted octanol–water partition coefficient (Wildman–Crippen LogP) is 6.93. The zero-order valence-electron chi connectivity index (χ0n) is 16.5. The fraction of sp³-hybridized carbons (Fsp3) is 0.864. The fourth-order valence-corrected chi connectivity index (χ4v) is 3.29. The Morgan fingerprint density at radius 2 is 1.29 bits per heavy atom. The van der Waals surface area contributed by atoms with Gasteiger partial charge in [-0.2, -0.15) is 0 Å². The Bertz CT molecular complexity index is 298. The van der Waals surface area contributed by atoms with Crippen LogP contribution in [0.1, 0.15) is 117 Å². The summed E-state index contributed by atoms with van der Waals surface area (Å²) in [4.78, 5) is 10.9. The van der Waals surface area contributed by atoms with Crippen molar-refractivity contribution >= 4 is 5.91 Å². The minimum Gasteiger partial charge on any atom is -0.370 e. The first kappa shape index (κ1) is 23.2. The average Bonchev–Trinajstić information content (AvgIpc) is 2.56. The first-order valence-electron chi connectivity index (χ1n) is 10.6. The monoisotopic (exact) mass is 337 g/mol. The molecule has 0 bridgehead atoms. The van der Waals surface area contributed by atoms with Crippen LogP contribution in [0.4, 0.5) is 0 Å². The van der Waals surface area contributed by atoms with Gasteiger partial charge in [-0.1, -0.05) is 83.8 Å². The number of hydrogen-bond donors (Lipinski definition) is 1. The highest BCUT2D eigenvalue weighted by Crippen LogP contribution is 2.22. The minimum atomic E-state index is -0.151. The highest BCUT2D eigenvalue weighted by atomic mass is 16.1. The Hall–Kier alpha value is -0.790. The fourth-order valence-electron chi connectivity index (χ4n) is 3.29.